The van der Waals surface area contributed by atoms with E-state index in [0.717, 1.165) is 17.9 Å². The summed E-state index contributed by atoms with van der Waals surface area (Å²) in [6, 6.07) is 4.83. The zero-order valence-electron chi connectivity index (χ0n) is 12.2. The van der Waals surface area contributed by atoms with Gasteiger partial charge in [-0.05, 0) is 41.1 Å². The molecule has 0 aliphatic rings. The Hall–Kier alpha value is -1.36. The number of nitrogen functional groups attached to an aromatic ring is 1. The maximum Gasteiger partial charge on any atom is 0.137 e. The van der Waals surface area contributed by atoms with E-state index in [1.165, 1.54) is 6.07 Å². The first-order valence-corrected chi connectivity index (χ1v) is 7.37. The number of anilines is 1. The Morgan fingerprint density at radius 2 is 2.00 bits per heavy atom. The van der Waals surface area contributed by atoms with E-state index in [9.17, 15) is 4.39 Å². The lowest BCUT2D eigenvalue weighted by Gasteiger charge is -2.19. The number of nitrogens with two attached hydrogens (primary N) is 1. The molecule has 0 spiro atoms. The lowest BCUT2D eigenvalue weighted by Crippen LogP contribution is -2.19. The van der Waals surface area contributed by atoms with Crippen LogP contribution >= 0.6 is 15.9 Å². The first-order valence-electron chi connectivity index (χ1n) is 6.57. The van der Waals surface area contributed by atoms with Gasteiger partial charge in [-0.2, -0.15) is 0 Å². The first-order chi connectivity index (χ1) is 9.25. The van der Waals surface area contributed by atoms with Crippen LogP contribution in [0.2, 0.25) is 0 Å². The fourth-order valence-electron chi connectivity index (χ4n) is 2.21. The summed E-state index contributed by atoms with van der Waals surface area (Å²) in [5, 5.41) is 0. The van der Waals surface area contributed by atoms with Crippen molar-refractivity contribution in [2.24, 2.45) is 0 Å². The van der Waals surface area contributed by atoms with Gasteiger partial charge in [0.1, 0.15) is 23.2 Å². The second-order valence-electron chi connectivity index (χ2n) is 5.79. The van der Waals surface area contributed by atoms with Gasteiger partial charge in [-0.1, -0.05) is 20.8 Å². The molecule has 2 aromatic rings. The van der Waals surface area contributed by atoms with Crippen LogP contribution in [0, 0.1) is 5.82 Å². The van der Waals surface area contributed by atoms with Crippen molar-refractivity contribution >= 4 is 21.7 Å². The normalized spacial score (nSPS) is 11.9. The summed E-state index contributed by atoms with van der Waals surface area (Å²) in [4.78, 5) is 4.69. The molecular formula is C15H19BrFN3. The summed E-state index contributed by atoms with van der Waals surface area (Å²) in [6.45, 7) is 9.10. The molecule has 3 nitrogen and oxygen atoms in total. The maximum atomic E-state index is 13.4. The first kappa shape index (κ1) is 15.0. The molecule has 1 aromatic heterocycles. The molecule has 0 saturated carbocycles. The zero-order chi connectivity index (χ0) is 15.1. The van der Waals surface area contributed by atoms with Gasteiger partial charge in [-0.25, -0.2) is 9.37 Å². The third-order valence-electron chi connectivity index (χ3n) is 3.19. The molecule has 0 amide bonds. The number of aromatic nitrogens is 2. The quantitative estimate of drug-likeness (QED) is 0.883. The Morgan fingerprint density at radius 3 is 2.45 bits per heavy atom. The highest BCUT2D eigenvalue weighted by molar-refractivity contribution is 9.10. The molecule has 2 rings (SSSR count). The van der Waals surface area contributed by atoms with Crippen LogP contribution in [0.4, 0.5) is 10.2 Å². The fraction of sp³-hybridized carbons (Fsp3) is 0.400. The van der Waals surface area contributed by atoms with Crippen LogP contribution < -0.4 is 5.73 Å². The lowest BCUT2D eigenvalue weighted by atomic mass is 9.95. The van der Waals surface area contributed by atoms with Crippen LogP contribution in [0.25, 0.3) is 11.3 Å². The van der Waals surface area contributed by atoms with Crippen molar-refractivity contribution in [1.29, 1.82) is 0 Å². The number of halogens is 2. The number of hydrogen-bond donors (Lipinski definition) is 1. The number of nitrogens with zero attached hydrogens (tertiary/aromatic N) is 2. The number of rotatable bonds is 2. The summed E-state index contributed by atoms with van der Waals surface area (Å²) in [5.41, 5.74) is 7.64. The van der Waals surface area contributed by atoms with Gasteiger partial charge in [0, 0.05) is 17.5 Å². The Kier molecular flexibility index (Phi) is 3.91. The molecule has 0 aliphatic carbocycles. The monoisotopic (exact) mass is 339 g/mol. The van der Waals surface area contributed by atoms with E-state index in [4.69, 9.17) is 5.73 Å². The van der Waals surface area contributed by atoms with Gasteiger partial charge in [0.25, 0.3) is 0 Å². The van der Waals surface area contributed by atoms with Crippen LogP contribution in [0.3, 0.4) is 0 Å². The average molecular weight is 340 g/mol. The van der Waals surface area contributed by atoms with Crippen molar-refractivity contribution in [3.05, 3.63) is 34.3 Å². The molecule has 5 heteroatoms. The van der Waals surface area contributed by atoms with E-state index < -0.39 is 0 Å². The van der Waals surface area contributed by atoms with Crippen molar-refractivity contribution in [3.63, 3.8) is 0 Å². The minimum absolute atomic E-state index is 0.0976. The van der Waals surface area contributed by atoms with Crippen LogP contribution in [-0.2, 0) is 12.0 Å². The second kappa shape index (κ2) is 5.20. The molecule has 108 valence electrons. The topological polar surface area (TPSA) is 43.8 Å². The van der Waals surface area contributed by atoms with Gasteiger partial charge >= 0.3 is 0 Å². The third kappa shape index (κ3) is 2.59. The summed E-state index contributed by atoms with van der Waals surface area (Å²) in [7, 11) is 0. The number of hydrogen-bond acceptors (Lipinski definition) is 2. The van der Waals surface area contributed by atoms with Crippen molar-refractivity contribution in [1.82, 2.24) is 9.55 Å². The van der Waals surface area contributed by atoms with Crippen LogP contribution in [0.5, 0.6) is 0 Å². The van der Waals surface area contributed by atoms with E-state index in [2.05, 4.69) is 41.7 Å². The molecule has 0 fully saturated rings. The summed E-state index contributed by atoms with van der Waals surface area (Å²) in [6.07, 6.45) is 0. The van der Waals surface area contributed by atoms with Gasteiger partial charge in [0.2, 0.25) is 0 Å². The molecule has 2 N–H and O–H groups in total. The minimum Gasteiger partial charge on any atom is -0.383 e. The van der Waals surface area contributed by atoms with Gasteiger partial charge in [0.15, 0.2) is 0 Å². The van der Waals surface area contributed by atoms with Crippen LogP contribution in [0.1, 0.15) is 33.5 Å². The van der Waals surface area contributed by atoms with Gasteiger partial charge < -0.3 is 10.3 Å². The standard InChI is InChI=1S/C15H19BrFN3/c1-5-20-13(18)12(19-14(20)15(2,3)4)9-6-7-11(17)10(16)8-9/h6-8H,5,18H2,1-4H3. The zero-order valence-corrected chi connectivity index (χ0v) is 13.8. The highest BCUT2D eigenvalue weighted by Crippen LogP contribution is 2.33. The fourth-order valence-corrected chi connectivity index (χ4v) is 2.59. The molecule has 1 heterocycles. The lowest BCUT2D eigenvalue weighted by molar-refractivity contribution is 0.508. The Bertz CT molecular complexity index is 641. The molecule has 0 atom stereocenters. The smallest absolute Gasteiger partial charge is 0.137 e. The SMILES string of the molecule is CCn1c(C(C)(C)C)nc(-c2ccc(F)c(Br)c2)c1N. The molecule has 0 radical (unpaired) electrons. The highest BCUT2D eigenvalue weighted by atomic mass is 79.9. The maximum absolute atomic E-state index is 13.4. The van der Waals surface area contributed by atoms with Crippen molar-refractivity contribution in [2.75, 3.05) is 5.73 Å². The Balaban J connectivity index is 2.63. The molecule has 0 saturated heterocycles. The molecule has 0 unspecified atom stereocenters. The third-order valence-corrected chi connectivity index (χ3v) is 3.79. The van der Waals surface area contributed by atoms with Gasteiger partial charge in [0.05, 0.1) is 4.47 Å². The summed E-state index contributed by atoms with van der Waals surface area (Å²) >= 11 is 3.20. The molecule has 0 aliphatic heterocycles. The largest absolute Gasteiger partial charge is 0.383 e. The molecular weight excluding hydrogens is 321 g/mol. The van der Waals surface area contributed by atoms with E-state index in [1.54, 1.807) is 12.1 Å². The van der Waals surface area contributed by atoms with Crippen molar-refractivity contribution in [3.8, 4) is 11.3 Å². The Labute approximate surface area is 127 Å². The molecule has 0 bridgehead atoms. The highest BCUT2D eigenvalue weighted by Gasteiger charge is 2.24. The number of imidazole rings is 1. The molecule has 20 heavy (non-hydrogen) atoms. The van der Waals surface area contributed by atoms with Gasteiger partial charge in [-0.3, -0.25) is 0 Å². The summed E-state index contributed by atoms with van der Waals surface area (Å²) < 4.78 is 15.8. The minimum atomic E-state index is -0.293. The number of benzene rings is 1. The average Bonchev–Trinajstić information content (AvgIpc) is 2.69. The Morgan fingerprint density at radius 1 is 1.35 bits per heavy atom. The summed E-state index contributed by atoms with van der Waals surface area (Å²) in [5.74, 6) is 1.27. The molecule has 1 aromatic carbocycles. The predicted molar refractivity (Wildman–Crippen MR) is 84.1 cm³/mol. The van der Waals surface area contributed by atoms with E-state index >= 15 is 0 Å². The van der Waals surface area contributed by atoms with Crippen LogP contribution in [0.15, 0.2) is 22.7 Å². The van der Waals surface area contributed by atoms with Gasteiger partial charge in [-0.15, -0.1) is 0 Å². The van der Waals surface area contributed by atoms with E-state index in [-0.39, 0.29) is 11.2 Å². The van der Waals surface area contributed by atoms with Crippen molar-refractivity contribution < 1.29 is 4.39 Å². The second-order valence-corrected chi connectivity index (χ2v) is 6.65. The van der Waals surface area contributed by atoms with Crippen LogP contribution in [-0.4, -0.2) is 9.55 Å². The predicted octanol–water partition coefficient (Wildman–Crippen LogP) is 4.35. The van der Waals surface area contributed by atoms with E-state index in [1.807, 2.05) is 11.5 Å². The van der Waals surface area contributed by atoms with Crippen molar-refractivity contribution in [2.45, 2.75) is 39.7 Å². The van der Waals surface area contributed by atoms with E-state index in [0.29, 0.717) is 16.0 Å².